The summed E-state index contributed by atoms with van der Waals surface area (Å²) < 4.78 is 7.49. The molecule has 1 aromatic carbocycles. The SMILES string of the molecule is Brc1cccc2c1CCC1(CC[NH2+]CC1)O2.[Cl-]. The van der Waals surface area contributed by atoms with E-state index in [2.05, 4.69) is 39.4 Å². The number of fused-ring (bicyclic) bond motifs is 1. The molecule has 1 spiro atoms. The summed E-state index contributed by atoms with van der Waals surface area (Å²) in [4.78, 5) is 0. The average Bonchev–Trinajstić information content (AvgIpc) is 2.30. The molecule has 2 aliphatic heterocycles. The Kier molecular flexibility index (Phi) is 4.01. The minimum atomic E-state index is 0. The van der Waals surface area contributed by atoms with Gasteiger partial charge in [-0.2, -0.15) is 0 Å². The first-order valence-electron chi connectivity index (χ1n) is 6.07. The Bertz CT molecular complexity index is 404. The van der Waals surface area contributed by atoms with E-state index in [0.29, 0.717) is 0 Å². The first-order chi connectivity index (χ1) is 7.79. The third-order valence-electron chi connectivity index (χ3n) is 3.84. The first kappa shape index (κ1) is 13.2. The van der Waals surface area contributed by atoms with Gasteiger partial charge in [0, 0.05) is 22.9 Å². The zero-order valence-electron chi connectivity index (χ0n) is 9.72. The molecular formula is C13H17BrClNO. The molecule has 2 heterocycles. The van der Waals surface area contributed by atoms with Crippen molar-refractivity contribution in [1.82, 2.24) is 0 Å². The maximum atomic E-state index is 6.29. The van der Waals surface area contributed by atoms with E-state index >= 15 is 0 Å². The van der Waals surface area contributed by atoms with Gasteiger partial charge in [-0.3, -0.25) is 0 Å². The molecule has 2 nitrogen and oxygen atoms in total. The van der Waals surface area contributed by atoms with Gasteiger partial charge in [0.05, 0.1) is 13.1 Å². The van der Waals surface area contributed by atoms with E-state index in [-0.39, 0.29) is 18.0 Å². The number of ether oxygens (including phenoxy) is 1. The number of hydrogen-bond acceptors (Lipinski definition) is 1. The fourth-order valence-electron chi connectivity index (χ4n) is 2.87. The highest BCUT2D eigenvalue weighted by Gasteiger charge is 2.39. The number of hydrogen-bond donors (Lipinski definition) is 1. The van der Waals surface area contributed by atoms with Gasteiger partial charge in [-0.05, 0) is 25.0 Å². The summed E-state index contributed by atoms with van der Waals surface area (Å²) in [6.07, 6.45) is 4.71. The van der Waals surface area contributed by atoms with Crippen molar-refractivity contribution < 1.29 is 22.5 Å². The predicted molar refractivity (Wildman–Crippen MR) is 66.7 cm³/mol. The Morgan fingerprint density at radius 1 is 1.18 bits per heavy atom. The van der Waals surface area contributed by atoms with E-state index in [9.17, 15) is 0 Å². The lowest BCUT2D eigenvalue weighted by Gasteiger charge is -2.40. The molecular weight excluding hydrogens is 302 g/mol. The maximum absolute atomic E-state index is 6.29. The van der Waals surface area contributed by atoms with Crippen molar-refractivity contribution in [3.63, 3.8) is 0 Å². The summed E-state index contributed by atoms with van der Waals surface area (Å²) in [5.41, 5.74) is 1.49. The fraction of sp³-hybridized carbons (Fsp3) is 0.538. The second-order valence-electron chi connectivity index (χ2n) is 4.87. The number of halogens is 2. The molecule has 1 saturated heterocycles. The maximum Gasteiger partial charge on any atom is 0.124 e. The van der Waals surface area contributed by atoms with Gasteiger partial charge >= 0.3 is 0 Å². The van der Waals surface area contributed by atoms with Crippen molar-refractivity contribution in [1.29, 1.82) is 0 Å². The Labute approximate surface area is 117 Å². The molecule has 1 fully saturated rings. The summed E-state index contributed by atoms with van der Waals surface area (Å²) >= 11 is 3.61. The lowest BCUT2D eigenvalue weighted by atomic mass is 9.84. The molecule has 0 unspecified atom stereocenters. The van der Waals surface area contributed by atoms with Gasteiger partial charge in [0.1, 0.15) is 11.4 Å². The van der Waals surface area contributed by atoms with Crippen LogP contribution in [-0.2, 0) is 6.42 Å². The van der Waals surface area contributed by atoms with E-state index in [1.165, 1.54) is 42.4 Å². The normalized spacial score (nSPS) is 21.2. The van der Waals surface area contributed by atoms with Gasteiger partial charge in [0.15, 0.2) is 0 Å². The first-order valence-corrected chi connectivity index (χ1v) is 6.86. The monoisotopic (exact) mass is 317 g/mol. The molecule has 0 aromatic heterocycles. The topological polar surface area (TPSA) is 25.8 Å². The van der Waals surface area contributed by atoms with E-state index < -0.39 is 0 Å². The molecule has 0 amide bonds. The third kappa shape index (κ3) is 2.47. The molecule has 0 radical (unpaired) electrons. The van der Waals surface area contributed by atoms with Crippen LogP contribution >= 0.6 is 15.9 Å². The standard InChI is InChI=1S/C13H16BrNO.ClH/c14-11-2-1-3-12-10(11)4-5-13(16-12)6-8-15-9-7-13;/h1-3,15H,4-9H2;1H. The zero-order chi connectivity index (χ0) is 11.0. The lowest BCUT2D eigenvalue weighted by Crippen LogP contribution is -3.00. The van der Waals surface area contributed by atoms with Crippen molar-refractivity contribution in [3.05, 3.63) is 28.2 Å². The van der Waals surface area contributed by atoms with Gasteiger partial charge in [-0.1, -0.05) is 22.0 Å². The van der Waals surface area contributed by atoms with Crippen LogP contribution in [0.15, 0.2) is 22.7 Å². The Hall–Kier alpha value is -0.250. The van der Waals surface area contributed by atoms with E-state index in [0.717, 1.165) is 12.2 Å². The van der Waals surface area contributed by atoms with Crippen molar-refractivity contribution in [2.45, 2.75) is 31.3 Å². The molecule has 0 bridgehead atoms. The van der Waals surface area contributed by atoms with E-state index in [4.69, 9.17) is 4.74 Å². The summed E-state index contributed by atoms with van der Waals surface area (Å²) in [5, 5.41) is 2.39. The molecule has 0 aliphatic carbocycles. The number of rotatable bonds is 0. The van der Waals surface area contributed by atoms with E-state index in [1.54, 1.807) is 0 Å². The zero-order valence-corrected chi connectivity index (χ0v) is 12.1. The van der Waals surface area contributed by atoms with Gasteiger partial charge < -0.3 is 22.5 Å². The van der Waals surface area contributed by atoms with Crippen molar-refractivity contribution in [3.8, 4) is 5.75 Å². The Morgan fingerprint density at radius 2 is 1.94 bits per heavy atom. The van der Waals surface area contributed by atoms with Crippen LogP contribution in [0.4, 0.5) is 0 Å². The van der Waals surface area contributed by atoms with Crippen molar-refractivity contribution >= 4 is 15.9 Å². The number of quaternary nitrogens is 1. The highest BCUT2D eigenvalue weighted by molar-refractivity contribution is 9.10. The summed E-state index contributed by atoms with van der Waals surface area (Å²) in [7, 11) is 0. The number of piperidine rings is 1. The van der Waals surface area contributed by atoms with Crippen LogP contribution < -0.4 is 22.5 Å². The third-order valence-corrected chi connectivity index (χ3v) is 4.58. The molecule has 2 N–H and O–H groups in total. The van der Waals surface area contributed by atoms with Gasteiger partial charge in [0.2, 0.25) is 0 Å². The quantitative estimate of drug-likeness (QED) is 0.644. The second kappa shape index (κ2) is 5.17. The van der Waals surface area contributed by atoms with Gasteiger partial charge in [0.25, 0.3) is 0 Å². The fourth-order valence-corrected chi connectivity index (χ4v) is 3.41. The molecule has 2 aliphatic rings. The van der Waals surface area contributed by atoms with Crippen molar-refractivity contribution in [2.24, 2.45) is 0 Å². The second-order valence-corrected chi connectivity index (χ2v) is 5.72. The number of nitrogens with two attached hydrogens (primary N) is 1. The molecule has 17 heavy (non-hydrogen) atoms. The van der Waals surface area contributed by atoms with Crippen LogP contribution in [0.1, 0.15) is 24.8 Å². The minimum Gasteiger partial charge on any atom is -1.00 e. The summed E-state index contributed by atoms with van der Waals surface area (Å²) in [6.45, 7) is 2.42. The number of benzene rings is 1. The Balaban J connectivity index is 0.00000108. The predicted octanol–water partition coefficient (Wildman–Crippen LogP) is -1.13. The lowest BCUT2D eigenvalue weighted by molar-refractivity contribution is -0.667. The van der Waals surface area contributed by atoms with Crippen LogP contribution in [0.3, 0.4) is 0 Å². The molecule has 1 aromatic rings. The van der Waals surface area contributed by atoms with E-state index in [1.807, 2.05) is 0 Å². The molecule has 94 valence electrons. The van der Waals surface area contributed by atoms with Crippen LogP contribution in [0.2, 0.25) is 0 Å². The molecule has 0 saturated carbocycles. The Morgan fingerprint density at radius 3 is 2.71 bits per heavy atom. The van der Waals surface area contributed by atoms with Crippen LogP contribution in [0, 0.1) is 0 Å². The van der Waals surface area contributed by atoms with Crippen LogP contribution in [0.5, 0.6) is 5.75 Å². The molecule has 0 atom stereocenters. The minimum absolute atomic E-state index is 0. The van der Waals surface area contributed by atoms with Crippen LogP contribution in [0.25, 0.3) is 0 Å². The molecule has 3 rings (SSSR count). The largest absolute Gasteiger partial charge is 1.00 e. The average molecular weight is 319 g/mol. The highest BCUT2D eigenvalue weighted by Crippen LogP contribution is 2.40. The van der Waals surface area contributed by atoms with Crippen molar-refractivity contribution in [2.75, 3.05) is 13.1 Å². The smallest absolute Gasteiger partial charge is 0.124 e. The summed E-state index contributed by atoms with van der Waals surface area (Å²) in [6, 6.07) is 6.28. The highest BCUT2D eigenvalue weighted by atomic mass is 79.9. The summed E-state index contributed by atoms with van der Waals surface area (Å²) in [5.74, 6) is 1.10. The van der Waals surface area contributed by atoms with Gasteiger partial charge in [-0.25, -0.2) is 0 Å². The molecule has 4 heteroatoms. The van der Waals surface area contributed by atoms with Crippen LogP contribution in [-0.4, -0.2) is 18.7 Å². The van der Waals surface area contributed by atoms with Gasteiger partial charge in [-0.15, -0.1) is 0 Å².